The van der Waals surface area contributed by atoms with Crippen LogP contribution in [0.15, 0.2) is 30.4 Å². The number of fused-ring (bicyclic) bond motifs is 2. The van der Waals surface area contributed by atoms with Crippen LogP contribution < -0.4 is 15.4 Å². The monoisotopic (exact) mass is 421 g/mol. The first-order valence-corrected chi connectivity index (χ1v) is 11.5. The van der Waals surface area contributed by atoms with E-state index in [0.29, 0.717) is 24.5 Å². The van der Waals surface area contributed by atoms with Crippen molar-refractivity contribution in [3.05, 3.63) is 52.6 Å². The number of hydrogen-bond donors (Lipinski definition) is 1. The second-order valence-corrected chi connectivity index (χ2v) is 9.10. The Bertz CT molecular complexity index is 955. The third-order valence-electron chi connectivity index (χ3n) is 6.28. The van der Waals surface area contributed by atoms with Gasteiger partial charge in [0.25, 0.3) is 0 Å². The summed E-state index contributed by atoms with van der Waals surface area (Å²) in [4.78, 5) is 13.9. The van der Waals surface area contributed by atoms with E-state index in [1.807, 2.05) is 0 Å². The van der Waals surface area contributed by atoms with Crippen molar-refractivity contribution in [1.82, 2.24) is 14.9 Å². The summed E-state index contributed by atoms with van der Waals surface area (Å²) >= 11 is 0. The van der Waals surface area contributed by atoms with E-state index in [-0.39, 0.29) is 0 Å². The lowest BCUT2D eigenvalue weighted by atomic mass is 9.95. The first kappa shape index (κ1) is 21.6. The summed E-state index contributed by atoms with van der Waals surface area (Å²) in [6.07, 6.45) is 3.89. The summed E-state index contributed by atoms with van der Waals surface area (Å²) in [6, 6.07) is 7.87. The number of nitrogen functional groups attached to an aromatic ring is 1. The van der Waals surface area contributed by atoms with Crippen LogP contribution in [-0.2, 0) is 25.9 Å². The molecule has 3 heterocycles. The summed E-state index contributed by atoms with van der Waals surface area (Å²) in [5.74, 6) is 1.38. The molecule has 166 valence electrons. The molecule has 1 aromatic carbocycles. The number of benzene rings is 1. The van der Waals surface area contributed by atoms with Crippen LogP contribution >= 0.6 is 0 Å². The van der Waals surface area contributed by atoms with Crippen molar-refractivity contribution in [2.45, 2.75) is 65.6 Å². The van der Waals surface area contributed by atoms with Crippen LogP contribution in [0.3, 0.4) is 0 Å². The Balaban J connectivity index is 1.58. The molecule has 2 aliphatic heterocycles. The molecule has 1 aromatic heterocycles. The molecule has 0 atom stereocenters. The fraction of sp³-hybridized carbons (Fsp3) is 0.520. The van der Waals surface area contributed by atoms with Crippen LogP contribution in [0, 0.1) is 0 Å². The maximum absolute atomic E-state index is 6.29. The van der Waals surface area contributed by atoms with Gasteiger partial charge in [0.15, 0.2) is 0 Å². The minimum atomic E-state index is 0.375. The number of anilines is 2. The first-order chi connectivity index (χ1) is 14.9. The van der Waals surface area contributed by atoms with Gasteiger partial charge in [0.1, 0.15) is 11.6 Å². The van der Waals surface area contributed by atoms with Crippen LogP contribution in [0.2, 0.25) is 0 Å². The fourth-order valence-corrected chi connectivity index (χ4v) is 4.44. The summed E-state index contributed by atoms with van der Waals surface area (Å²) in [5, 5.41) is 0. The predicted octanol–water partition coefficient (Wildman–Crippen LogP) is 4.12. The molecule has 0 saturated heterocycles. The van der Waals surface area contributed by atoms with Gasteiger partial charge in [0.2, 0.25) is 0 Å². The summed E-state index contributed by atoms with van der Waals surface area (Å²) < 4.78 is 5.77. The Morgan fingerprint density at radius 2 is 2.03 bits per heavy atom. The van der Waals surface area contributed by atoms with Gasteiger partial charge in [0, 0.05) is 44.2 Å². The minimum absolute atomic E-state index is 0.375. The van der Waals surface area contributed by atoms with Gasteiger partial charge in [-0.05, 0) is 43.4 Å². The lowest BCUT2D eigenvalue weighted by Gasteiger charge is -2.34. The second-order valence-electron chi connectivity index (χ2n) is 9.10. The van der Waals surface area contributed by atoms with E-state index >= 15 is 0 Å². The first-order valence-electron chi connectivity index (χ1n) is 11.5. The van der Waals surface area contributed by atoms with Crippen molar-refractivity contribution >= 4 is 11.6 Å². The van der Waals surface area contributed by atoms with Gasteiger partial charge in [0.05, 0.1) is 6.61 Å². The number of rotatable bonds is 7. The van der Waals surface area contributed by atoms with E-state index in [1.54, 1.807) is 0 Å². The molecule has 0 aliphatic carbocycles. The SMILES string of the molecule is C=C1Cc2c(N)nc(OCCCC)nc2N(Cc2ccc3c(c2)CN(C(C)C)CC3)C1. The highest BCUT2D eigenvalue weighted by Crippen LogP contribution is 2.33. The topological polar surface area (TPSA) is 67.5 Å². The van der Waals surface area contributed by atoms with Gasteiger partial charge in [-0.3, -0.25) is 4.90 Å². The predicted molar refractivity (Wildman–Crippen MR) is 126 cm³/mol. The van der Waals surface area contributed by atoms with Crippen molar-refractivity contribution in [2.24, 2.45) is 0 Å². The van der Waals surface area contributed by atoms with Crippen molar-refractivity contribution < 1.29 is 4.74 Å². The zero-order chi connectivity index (χ0) is 22.0. The van der Waals surface area contributed by atoms with E-state index in [0.717, 1.165) is 68.8 Å². The summed E-state index contributed by atoms with van der Waals surface area (Å²) in [7, 11) is 0. The molecule has 0 unspecified atom stereocenters. The fourth-order valence-electron chi connectivity index (χ4n) is 4.44. The smallest absolute Gasteiger partial charge is 0.320 e. The van der Waals surface area contributed by atoms with Crippen LogP contribution in [0.5, 0.6) is 6.01 Å². The maximum atomic E-state index is 6.29. The summed E-state index contributed by atoms with van der Waals surface area (Å²) in [5.41, 5.74) is 12.6. The molecule has 2 aromatic rings. The molecule has 0 amide bonds. The zero-order valence-corrected chi connectivity index (χ0v) is 19.2. The van der Waals surface area contributed by atoms with Crippen LogP contribution in [0.4, 0.5) is 11.6 Å². The van der Waals surface area contributed by atoms with Crippen molar-refractivity contribution in [1.29, 1.82) is 0 Å². The normalized spacial score (nSPS) is 16.4. The number of nitrogens with zero attached hydrogens (tertiary/aromatic N) is 4. The quantitative estimate of drug-likeness (QED) is 0.536. The van der Waals surface area contributed by atoms with Crippen molar-refractivity contribution in [2.75, 3.05) is 30.3 Å². The Morgan fingerprint density at radius 1 is 1.19 bits per heavy atom. The molecule has 31 heavy (non-hydrogen) atoms. The number of nitrogens with two attached hydrogens (primary N) is 1. The molecule has 6 heteroatoms. The second kappa shape index (κ2) is 9.27. The zero-order valence-electron chi connectivity index (χ0n) is 19.2. The van der Waals surface area contributed by atoms with Crippen LogP contribution in [0.1, 0.15) is 55.9 Å². The van der Waals surface area contributed by atoms with E-state index in [2.05, 4.69) is 60.3 Å². The Kier molecular flexibility index (Phi) is 6.46. The minimum Gasteiger partial charge on any atom is -0.463 e. The molecule has 0 saturated carbocycles. The third kappa shape index (κ3) is 4.85. The molecule has 6 nitrogen and oxygen atoms in total. The largest absolute Gasteiger partial charge is 0.463 e. The van der Waals surface area contributed by atoms with Gasteiger partial charge < -0.3 is 15.4 Å². The Morgan fingerprint density at radius 3 is 2.81 bits per heavy atom. The van der Waals surface area contributed by atoms with E-state index < -0.39 is 0 Å². The van der Waals surface area contributed by atoms with Gasteiger partial charge in [-0.1, -0.05) is 43.7 Å². The molecule has 2 N–H and O–H groups in total. The molecular weight excluding hydrogens is 386 g/mol. The molecule has 0 bridgehead atoms. The van der Waals surface area contributed by atoms with E-state index in [4.69, 9.17) is 15.5 Å². The van der Waals surface area contributed by atoms with Crippen molar-refractivity contribution in [3.8, 4) is 6.01 Å². The average molecular weight is 422 g/mol. The number of hydrogen-bond acceptors (Lipinski definition) is 6. The molecule has 0 spiro atoms. The van der Waals surface area contributed by atoms with Gasteiger partial charge in [-0.15, -0.1) is 0 Å². The van der Waals surface area contributed by atoms with Crippen LogP contribution in [0.25, 0.3) is 0 Å². The lowest BCUT2D eigenvalue weighted by molar-refractivity contribution is 0.203. The molecule has 2 aliphatic rings. The lowest BCUT2D eigenvalue weighted by Crippen LogP contribution is -2.36. The van der Waals surface area contributed by atoms with E-state index in [9.17, 15) is 0 Å². The molecular formula is C25H35N5O. The van der Waals surface area contributed by atoms with Gasteiger partial charge in [-0.2, -0.15) is 9.97 Å². The van der Waals surface area contributed by atoms with Crippen molar-refractivity contribution in [3.63, 3.8) is 0 Å². The highest BCUT2D eigenvalue weighted by Gasteiger charge is 2.26. The number of aromatic nitrogens is 2. The third-order valence-corrected chi connectivity index (χ3v) is 6.28. The molecule has 0 fully saturated rings. The highest BCUT2D eigenvalue weighted by molar-refractivity contribution is 5.62. The number of ether oxygens (including phenoxy) is 1. The summed E-state index contributed by atoms with van der Waals surface area (Å²) in [6.45, 7) is 15.2. The standard InChI is InChI=1S/C25H35N5O/c1-5-6-11-31-25-27-23(26)22-12-18(4)14-30(24(22)28-25)15-19-7-8-20-9-10-29(17(2)3)16-21(20)13-19/h7-8,13,17H,4-6,9-12,14-16H2,1-3H3,(H2,26,27,28). The van der Waals surface area contributed by atoms with Gasteiger partial charge in [-0.25, -0.2) is 0 Å². The van der Waals surface area contributed by atoms with E-state index in [1.165, 1.54) is 16.7 Å². The molecule has 0 radical (unpaired) electrons. The highest BCUT2D eigenvalue weighted by atomic mass is 16.5. The van der Waals surface area contributed by atoms with Gasteiger partial charge >= 0.3 is 6.01 Å². The molecule has 4 rings (SSSR count). The maximum Gasteiger partial charge on any atom is 0.320 e. The van der Waals surface area contributed by atoms with Crippen LogP contribution in [-0.4, -0.2) is 40.6 Å². The average Bonchev–Trinajstić information content (AvgIpc) is 2.74. The Labute approximate surface area is 186 Å². The number of unbranched alkanes of at least 4 members (excludes halogenated alkanes) is 1. The Hall–Kier alpha value is -2.60.